The highest BCUT2D eigenvalue weighted by Crippen LogP contribution is 2.19. The molecule has 162 valence electrons. The molecule has 0 spiro atoms. The monoisotopic (exact) mass is 421 g/mol. The van der Waals surface area contributed by atoms with Crippen LogP contribution in [0, 0.1) is 17.2 Å². The molecule has 7 nitrogen and oxygen atoms in total. The van der Waals surface area contributed by atoms with Crippen LogP contribution in [0.15, 0.2) is 54.6 Å². The van der Waals surface area contributed by atoms with Crippen molar-refractivity contribution in [1.29, 1.82) is 5.26 Å². The number of rotatable bonds is 8. The lowest BCUT2D eigenvalue weighted by molar-refractivity contribution is -0.154. The summed E-state index contributed by atoms with van der Waals surface area (Å²) in [6, 6.07) is 18.8. The first-order valence-electron chi connectivity index (χ1n) is 10.0. The Kier molecular flexibility index (Phi) is 7.92. The molecular weight excluding hydrogens is 394 g/mol. The van der Waals surface area contributed by atoms with Crippen molar-refractivity contribution in [3.8, 4) is 17.2 Å². The highest BCUT2D eigenvalue weighted by Gasteiger charge is 2.32. The zero-order chi connectivity index (χ0) is 23.0. The Morgan fingerprint density at radius 3 is 2.13 bits per heavy atom. The summed E-state index contributed by atoms with van der Waals surface area (Å²) < 4.78 is 5.07. The van der Waals surface area contributed by atoms with E-state index < -0.39 is 29.4 Å². The largest absolute Gasteiger partial charge is 0.451 e. The lowest BCUT2D eigenvalue weighted by Crippen LogP contribution is -2.52. The van der Waals surface area contributed by atoms with Crippen LogP contribution < -0.4 is 10.6 Å². The van der Waals surface area contributed by atoms with Crippen molar-refractivity contribution in [2.24, 2.45) is 5.92 Å². The summed E-state index contributed by atoms with van der Waals surface area (Å²) in [5, 5.41) is 14.4. The van der Waals surface area contributed by atoms with E-state index in [-0.39, 0.29) is 12.5 Å². The summed E-state index contributed by atoms with van der Waals surface area (Å²) in [5.74, 6) is -1.88. The molecule has 0 aliphatic heterocycles. The maximum absolute atomic E-state index is 12.3. The molecule has 7 heteroatoms. The fourth-order valence-electron chi connectivity index (χ4n) is 2.65. The normalized spacial score (nSPS) is 13.4. The molecule has 0 saturated heterocycles. The molecule has 0 fully saturated rings. The fraction of sp³-hybridized carbons (Fsp3) is 0.333. The Morgan fingerprint density at radius 1 is 1.00 bits per heavy atom. The van der Waals surface area contributed by atoms with Crippen molar-refractivity contribution in [2.75, 3.05) is 6.54 Å². The van der Waals surface area contributed by atoms with Crippen LogP contribution >= 0.6 is 0 Å². The summed E-state index contributed by atoms with van der Waals surface area (Å²) >= 11 is 0. The first kappa shape index (κ1) is 23.6. The highest BCUT2D eigenvalue weighted by molar-refractivity contribution is 5.96. The molecule has 2 aromatic rings. The SMILES string of the molecule is CC(C)[C@@](C)(C#N)NC(=O)[C@@H](C)OC(=O)CNC(=O)c1ccc(-c2ccccc2)cc1. The first-order chi connectivity index (χ1) is 14.7. The van der Waals surface area contributed by atoms with Crippen LogP contribution in [0.3, 0.4) is 0 Å². The van der Waals surface area contributed by atoms with Gasteiger partial charge in [-0.05, 0) is 43.0 Å². The summed E-state index contributed by atoms with van der Waals surface area (Å²) in [5.41, 5.74) is 1.34. The van der Waals surface area contributed by atoms with Gasteiger partial charge in [0.25, 0.3) is 11.8 Å². The summed E-state index contributed by atoms with van der Waals surface area (Å²) in [6.07, 6.45) is -1.10. The maximum Gasteiger partial charge on any atom is 0.326 e. The third kappa shape index (κ3) is 6.41. The fourth-order valence-corrected chi connectivity index (χ4v) is 2.65. The van der Waals surface area contributed by atoms with Crippen molar-refractivity contribution in [2.45, 2.75) is 39.3 Å². The molecule has 0 aromatic heterocycles. The van der Waals surface area contributed by atoms with Gasteiger partial charge in [-0.3, -0.25) is 14.4 Å². The van der Waals surface area contributed by atoms with Gasteiger partial charge in [-0.2, -0.15) is 5.26 Å². The number of ether oxygens (including phenoxy) is 1. The van der Waals surface area contributed by atoms with Gasteiger partial charge in [-0.15, -0.1) is 0 Å². The third-order valence-electron chi connectivity index (χ3n) is 5.09. The van der Waals surface area contributed by atoms with Crippen LogP contribution in [0.5, 0.6) is 0 Å². The molecule has 0 heterocycles. The molecule has 0 aliphatic carbocycles. The van der Waals surface area contributed by atoms with Crippen LogP contribution in [-0.2, 0) is 14.3 Å². The Morgan fingerprint density at radius 2 is 1.58 bits per heavy atom. The van der Waals surface area contributed by atoms with Crippen molar-refractivity contribution in [3.05, 3.63) is 60.2 Å². The molecule has 0 unspecified atom stereocenters. The summed E-state index contributed by atoms with van der Waals surface area (Å²) in [6.45, 7) is 6.25. The van der Waals surface area contributed by atoms with E-state index in [1.165, 1.54) is 6.92 Å². The number of nitriles is 1. The standard InChI is InChI=1S/C24H27N3O4/c1-16(2)24(4,15-25)27-22(29)17(3)31-21(28)14-26-23(30)20-12-10-19(11-13-20)18-8-6-5-7-9-18/h5-13,16-17H,14H2,1-4H3,(H,26,30)(H,27,29)/t17-,24-/m1/s1. The number of carbonyl (C=O) groups is 3. The van der Waals surface area contributed by atoms with E-state index >= 15 is 0 Å². The smallest absolute Gasteiger partial charge is 0.326 e. The van der Waals surface area contributed by atoms with Crippen LogP contribution in [-0.4, -0.2) is 36.0 Å². The van der Waals surface area contributed by atoms with E-state index in [0.717, 1.165) is 11.1 Å². The van der Waals surface area contributed by atoms with Crippen molar-refractivity contribution in [3.63, 3.8) is 0 Å². The molecule has 0 bridgehead atoms. The van der Waals surface area contributed by atoms with Gasteiger partial charge in [0.1, 0.15) is 12.1 Å². The van der Waals surface area contributed by atoms with Gasteiger partial charge >= 0.3 is 5.97 Å². The van der Waals surface area contributed by atoms with Gasteiger partial charge < -0.3 is 15.4 Å². The lowest BCUT2D eigenvalue weighted by Gasteiger charge is -2.28. The van der Waals surface area contributed by atoms with E-state index in [1.807, 2.05) is 56.3 Å². The van der Waals surface area contributed by atoms with Crippen LogP contribution in [0.25, 0.3) is 11.1 Å². The number of nitrogens with one attached hydrogen (secondary N) is 2. The lowest BCUT2D eigenvalue weighted by atomic mass is 9.90. The van der Waals surface area contributed by atoms with Crippen molar-refractivity contribution < 1.29 is 19.1 Å². The van der Waals surface area contributed by atoms with E-state index in [1.54, 1.807) is 19.1 Å². The molecule has 2 aromatic carbocycles. The number of carbonyl (C=O) groups excluding carboxylic acids is 3. The molecule has 0 aliphatic rings. The van der Waals surface area contributed by atoms with E-state index in [4.69, 9.17) is 4.74 Å². The van der Waals surface area contributed by atoms with Crippen molar-refractivity contribution >= 4 is 17.8 Å². The minimum Gasteiger partial charge on any atom is -0.451 e. The maximum atomic E-state index is 12.3. The molecular formula is C24H27N3O4. The minimum absolute atomic E-state index is 0.128. The Balaban J connectivity index is 1.86. The van der Waals surface area contributed by atoms with E-state index in [9.17, 15) is 19.6 Å². The number of esters is 1. The minimum atomic E-state index is -1.10. The number of amides is 2. The molecule has 31 heavy (non-hydrogen) atoms. The van der Waals surface area contributed by atoms with Crippen LogP contribution in [0.1, 0.15) is 38.1 Å². The summed E-state index contributed by atoms with van der Waals surface area (Å²) in [7, 11) is 0. The second-order valence-corrected chi connectivity index (χ2v) is 7.72. The van der Waals surface area contributed by atoms with Gasteiger partial charge in [0.15, 0.2) is 6.10 Å². The molecule has 2 amide bonds. The zero-order valence-corrected chi connectivity index (χ0v) is 18.1. The predicted octanol–water partition coefficient (Wildman–Crippen LogP) is 3.07. The number of hydrogen-bond donors (Lipinski definition) is 2. The first-order valence-corrected chi connectivity index (χ1v) is 10.0. The van der Waals surface area contributed by atoms with Crippen LogP contribution in [0.2, 0.25) is 0 Å². The van der Waals surface area contributed by atoms with Gasteiger partial charge in [0, 0.05) is 5.56 Å². The van der Waals surface area contributed by atoms with E-state index in [0.29, 0.717) is 5.56 Å². The van der Waals surface area contributed by atoms with Crippen LogP contribution in [0.4, 0.5) is 0 Å². The highest BCUT2D eigenvalue weighted by atomic mass is 16.5. The molecule has 0 radical (unpaired) electrons. The molecule has 2 rings (SSSR count). The second kappa shape index (κ2) is 10.4. The predicted molar refractivity (Wildman–Crippen MR) is 117 cm³/mol. The summed E-state index contributed by atoms with van der Waals surface area (Å²) in [4.78, 5) is 36.5. The number of nitrogens with zero attached hydrogens (tertiary/aromatic N) is 1. The van der Waals surface area contributed by atoms with Gasteiger partial charge in [0.2, 0.25) is 0 Å². The average Bonchev–Trinajstić information content (AvgIpc) is 2.77. The van der Waals surface area contributed by atoms with Crippen molar-refractivity contribution in [1.82, 2.24) is 10.6 Å². The average molecular weight is 421 g/mol. The molecule has 2 atom stereocenters. The van der Waals surface area contributed by atoms with Gasteiger partial charge in [-0.25, -0.2) is 0 Å². The Hall–Kier alpha value is -3.66. The van der Waals surface area contributed by atoms with Gasteiger partial charge in [0.05, 0.1) is 6.07 Å². The zero-order valence-electron chi connectivity index (χ0n) is 18.1. The Labute approximate surface area is 182 Å². The quantitative estimate of drug-likeness (QED) is 0.637. The molecule has 0 saturated carbocycles. The number of benzene rings is 2. The third-order valence-corrected chi connectivity index (χ3v) is 5.09. The van der Waals surface area contributed by atoms with Gasteiger partial charge in [-0.1, -0.05) is 56.3 Å². The van der Waals surface area contributed by atoms with E-state index in [2.05, 4.69) is 16.7 Å². The molecule has 2 N–H and O–H groups in total. The second-order valence-electron chi connectivity index (χ2n) is 7.72. The number of hydrogen-bond acceptors (Lipinski definition) is 5. The topological polar surface area (TPSA) is 108 Å². The Bertz CT molecular complexity index is 965.